The van der Waals surface area contributed by atoms with E-state index < -0.39 is 5.97 Å². The smallest absolute Gasteiger partial charge is 0.310 e. The zero-order valence-electron chi connectivity index (χ0n) is 15.1. The van der Waals surface area contributed by atoms with Crippen LogP contribution in [0.2, 0.25) is 0 Å². The minimum absolute atomic E-state index is 0.0628. The molecule has 1 amide bonds. The van der Waals surface area contributed by atoms with Crippen LogP contribution in [-0.4, -0.2) is 18.5 Å². The van der Waals surface area contributed by atoms with Gasteiger partial charge in [-0.15, -0.1) is 0 Å². The summed E-state index contributed by atoms with van der Waals surface area (Å²) in [5.74, 6) is -0.837. The molecule has 0 unspecified atom stereocenters. The third-order valence-corrected chi connectivity index (χ3v) is 4.30. The van der Waals surface area contributed by atoms with Crippen LogP contribution in [0.4, 0.5) is 5.69 Å². The molecule has 0 aliphatic heterocycles. The highest BCUT2D eigenvalue weighted by molar-refractivity contribution is 5.93. The summed E-state index contributed by atoms with van der Waals surface area (Å²) < 4.78 is 10.6. The van der Waals surface area contributed by atoms with Crippen molar-refractivity contribution in [1.29, 1.82) is 0 Å². The molecule has 0 bridgehead atoms. The first-order valence-electron chi connectivity index (χ1n) is 8.42. The Hall–Kier alpha value is -3.08. The molecule has 134 valence electrons. The molecular formula is C21H21NO4. The van der Waals surface area contributed by atoms with Crippen molar-refractivity contribution in [2.24, 2.45) is 0 Å². The van der Waals surface area contributed by atoms with E-state index >= 15 is 0 Å². The molecule has 0 saturated carbocycles. The number of hydrogen-bond donors (Lipinski definition) is 1. The highest BCUT2D eigenvalue weighted by Crippen LogP contribution is 2.25. The molecular weight excluding hydrogens is 330 g/mol. The summed E-state index contributed by atoms with van der Waals surface area (Å²) in [7, 11) is 0. The van der Waals surface area contributed by atoms with E-state index in [1.165, 1.54) is 0 Å². The molecule has 5 heteroatoms. The Kier molecular flexibility index (Phi) is 5.07. The number of fused-ring (bicyclic) bond motifs is 1. The maximum absolute atomic E-state index is 12.1. The molecule has 5 nitrogen and oxygen atoms in total. The topological polar surface area (TPSA) is 68.5 Å². The van der Waals surface area contributed by atoms with E-state index in [9.17, 15) is 9.59 Å². The van der Waals surface area contributed by atoms with Crippen LogP contribution in [0.5, 0.6) is 0 Å². The van der Waals surface area contributed by atoms with Gasteiger partial charge in [-0.25, -0.2) is 0 Å². The largest absolute Gasteiger partial charge is 0.464 e. The van der Waals surface area contributed by atoms with Crippen LogP contribution in [0.25, 0.3) is 11.0 Å². The Labute approximate surface area is 152 Å². The molecule has 0 radical (unpaired) electrons. The predicted molar refractivity (Wildman–Crippen MR) is 100 cm³/mol. The van der Waals surface area contributed by atoms with Gasteiger partial charge >= 0.3 is 5.97 Å². The number of rotatable bonds is 5. The summed E-state index contributed by atoms with van der Waals surface area (Å²) in [4.78, 5) is 24.0. The number of anilines is 1. The first kappa shape index (κ1) is 17.7. The number of ether oxygens (including phenoxy) is 1. The summed E-state index contributed by atoms with van der Waals surface area (Å²) >= 11 is 0. The lowest BCUT2D eigenvalue weighted by molar-refractivity contribution is -0.146. The van der Waals surface area contributed by atoms with Gasteiger partial charge in [0.05, 0.1) is 12.7 Å². The first-order valence-corrected chi connectivity index (χ1v) is 8.42. The van der Waals surface area contributed by atoms with E-state index in [4.69, 9.17) is 9.15 Å². The highest BCUT2D eigenvalue weighted by atomic mass is 16.5. The van der Waals surface area contributed by atoms with Gasteiger partial charge < -0.3 is 14.5 Å². The van der Waals surface area contributed by atoms with E-state index in [0.29, 0.717) is 5.69 Å². The third kappa shape index (κ3) is 4.11. The fraction of sp³-hybridized carbons (Fsp3) is 0.238. The van der Waals surface area contributed by atoms with Crippen molar-refractivity contribution < 1.29 is 18.7 Å². The SMILES string of the molecule is Cc1ccc(NC(=O)COC(=O)Cc2coc3cc(C)c(C)cc23)cc1. The molecule has 1 aromatic heterocycles. The van der Waals surface area contributed by atoms with Crippen molar-refractivity contribution in [1.82, 2.24) is 0 Å². The minimum atomic E-state index is -0.468. The Bertz CT molecular complexity index is 954. The van der Waals surface area contributed by atoms with Crippen molar-refractivity contribution in [3.05, 3.63) is 64.9 Å². The standard InChI is InChI=1S/C21H21NO4/c1-13-4-6-17(7-5-13)22-20(23)12-26-21(24)10-16-11-25-19-9-15(3)14(2)8-18(16)19/h4-9,11H,10,12H2,1-3H3,(H,22,23). The van der Waals surface area contributed by atoms with E-state index in [1.807, 2.05) is 45.0 Å². The van der Waals surface area contributed by atoms with Crippen molar-refractivity contribution in [3.63, 3.8) is 0 Å². The molecule has 3 aromatic rings. The number of carbonyl (C=O) groups excluding carboxylic acids is 2. The molecule has 3 rings (SSSR count). The number of nitrogens with one attached hydrogen (secondary N) is 1. The van der Waals surface area contributed by atoms with Crippen LogP contribution >= 0.6 is 0 Å². The molecule has 0 spiro atoms. The average molecular weight is 351 g/mol. The molecule has 1 N–H and O–H groups in total. The van der Waals surface area contributed by atoms with E-state index in [2.05, 4.69) is 5.32 Å². The van der Waals surface area contributed by atoms with Gasteiger partial charge in [-0.1, -0.05) is 17.7 Å². The number of amides is 1. The maximum Gasteiger partial charge on any atom is 0.310 e. The highest BCUT2D eigenvalue weighted by Gasteiger charge is 2.14. The van der Waals surface area contributed by atoms with Crippen molar-refractivity contribution in [2.45, 2.75) is 27.2 Å². The fourth-order valence-electron chi connectivity index (χ4n) is 2.66. The van der Waals surface area contributed by atoms with Gasteiger partial charge in [-0.3, -0.25) is 9.59 Å². The number of esters is 1. The Balaban J connectivity index is 1.56. The summed E-state index contributed by atoms with van der Waals surface area (Å²) in [5.41, 5.74) is 5.54. The van der Waals surface area contributed by atoms with Gasteiger partial charge in [0.15, 0.2) is 6.61 Å². The summed E-state index contributed by atoms with van der Waals surface area (Å²) in [5, 5.41) is 3.59. The zero-order chi connectivity index (χ0) is 18.7. The second-order valence-corrected chi connectivity index (χ2v) is 6.45. The molecule has 1 heterocycles. The van der Waals surface area contributed by atoms with Crippen LogP contribution in [-0.2, 0) is 20.7 Å². The lowest BCUT2D eigenvalue weighted by Gasteiger charge is -2.07. The van der Waals surface area contributed by atoms with Crippen LogP contribution in [0.3, 0.4) is 0 Å². The number of carbonyl (C=O) groups is 2. The fourth-order valence-corrected chi connectivity index (χ4v) is 2.66. The number of aryl methyl sites for hydroxylation is 3. The van der Waals surface area contributed by atoms with Gasteiger partial charge in [-0.05, 0) is 56.2 Å². The molecule has 0 saturated heterocycles. The normalized spacial score (nSPS) is 10.7. The molecule has 26 heavy (non-hydrogen) atoms. The quantitative estimate of drug-likeness (QED) is 0.703. The van der Waals surface area contributed by atoms with Gasteiger partial charge in [0, 0.05) is 16.6 Å². The van der Waals surface area contributed by atoms with Crippen LogP contribution in [0.1, 0.15) is 22.3 Å². The Morgan fingerprint density at radius 3 is 2.46 bits per heavy atom. The molecule has 0 aliphatic rings. The number of hydrogen-bond acceptors (Lipinski definition) is 4. The summed E-state index contributed by atoms with van der Waals surface area (Å²) in [6.45, 7) is 5.67. The van der Waals surface area contributed by atoms with Crippen LogP contribution in [0, 0.1) is 20.8 Å². The average Bonchev–Trinajstić information content (AvgIpc) is 2.97. The number of furan rings is 1. The van der Waals surface area contributed by atoms with E-state index in [0.717, 1.165) is 33.2 Å². The number of benzene rings is 2. The van der Waals surface area contributed by atoms with Gasteiger partial charge in [-0.2, -0.15) is 0 Å². The minimum Gasteiger partial charge on any atom is -0.464 e. The summed E-state index contributed by atoms with van der Waals surface area (Å²) in [6.07, 6.45) is 1.63. The lowest BCUT2D eigenvalue weighted by atomic mass is 10.0. The summed E-state index contributed by atoms with van der Waals surface area (Å²) in [6, 6.07) is 11.4. The van der Waals surface area contributed by atoms with Crippen LogP contribution in [0.15, 0.2) is 47.1 Å². The van der Waals surface area contributed by atoms with Crippen molar-refractivity contribution in [2.75, 3.05) is 11.9 Å². The Morgan fingerprint density at radius 1 is 1.04 bits per heavy atom. The molecule has 0 aliphatic carbocycles. The van der Waals surface area contributed by atoms with E-state index in [1.54, 1.807) is 18.4 Å². The monoisotopic (exact) mass is 351 g/mol. The maximum atomic E-state index is 12.1. The van der Waals surface area contributed by atoms with E-state index in [-0.39, 0.29) is 18.9 Å². The first-order chi connectivity index (χ1) is 12.4. The lowest BCUT2D eigenvalue weighted by Crippen LogP contribution is -2.21. The second kappa shape index (κ2) is 7.44. The van der Waals surface area contributed by atoms with Gasteiger partial charge in [0.25, 0.3) is 5.91 Å². The van der Waals surface area contributed by atoms with Crippen molar-refractivity contribution >= 4 is 28.5 Å². The molecule has 0 atom stereocenters. The zero-order valence-corrected chi connectivity index (χ0v) is 15.1. The van der Waals surface area contributed by atoms with Crippen LogP contribution < -0.4 is 5.32 Å². The third-order valence-electron chi connectivity index (χ3n) is 4.30. The second-order valence-electron chi connectivity index (χ2n) is 6.45. The molecule has 2 aromatic carbocycles. The van der Waals surface area contributed by atoms with Crippen molar-refractivity contribution in [3.8, 4) is 0 Å². The Morgan fingerprint density at radius 2 is 1.73 bits per heavy atom. The molecule has 0 fully saturated rings. The predicted octanol–water partition coefficient (Wildman–Crippen LogP) is 4.08. The van der Waals surface area contributed by atoms with Gasteiger partial charge in [0.1, 0.15) is 5.58 Å². The van der Waals surface area contributed by atoms with Gasteiger partial charge in [0.2, 0.25) is 0 Å².